The summed E-state index contributed by atoms with van der Waals surface area (Å²) < 4.78 is 6.91. The molecular formula is C53H35NO. The van der Waals surface area contributed by atoms with E-state index in [9.17, 15) is 0 Å². The molecule has 1 aliphatic carbocycles. The Morgan fingerprint density at radius 3 is 1.89 bits per heavy atom. The van der Waals surface area contributed by atoms with Crippen LogP contribution in [0.3, 0.4) is 0 Å². The van der Waals surface area contributed by atoms with E-state index in [0.717, 1.165) is 39.0 Å². The first-order valence-corrected chi connectivity index (χ1v) is 18.9. The van der Waals surface area contributed by atoms with E-state index in [1.165, 1.54) is 55.3 Å². The predicted molar refractivity (Wildman–Crippen MR) is 229 cm³/mol. The van der Waals surface area contributed by atoms with Gasteiger partial charge in [0.05, 0.1) is 16.5 Å². The van der Waals surface area contributed by atoms with Gasteiger partial charge in [-0.25, -0.2) is 0 Å². The molecule has 258 valence electrons. The second-order valence-corrected chi connectivity index (χ2v) is 14.4. The van der Waals surface area contributed by atoms with Crippen LogP contribution in [0, 0.1) is 0 Å². The monoisotopic (exact) mass is 701 g/mol. The quantitative estimate of drug-likeness (QED) is 0.172. The number of hydrogen-bond donors (Lipinski definition) is 0. The normalized spacial score (nSPS) is 14.6. The number of benzene rings is 9. The van der Waals surface area contributed by atoms with Gasteiger partial charge < -0.3 is 9.32 Å². The zero-order valence-electron chi connectivity index (χ0n) is 30.1. The Balaban J connectivity index is 1.15. The molecule has 1 aliphatic rings. The van der Waals surface area contributed by atoms with Crippen LogP contribution in [0.2, 0.25) is 0 Å². The van der Waals surface area contributed by atoms with Crippen molar-refractivity contribution >= 4 is 49.8 Å². The maximum Gasteiger partial charge on any atom is 0.137 e. The lowest BCUT2D eigenvalue weighted by Crippen LogP contribution is -2.28. The van der Waals surface area contributed by atoms with Crippen molar-refractivity contribution in [3.05, 3.63) is 235 Å². The van der Waals surface area contributed by atoms with Crippen molar-refractivity contribution in [3.63, 3.8) is 0 Å². The number of furan rings is 1. The molecule has 0 amide bonds. The molecule has 0 spiro atoms. The molecule has 1 heterocycles. The molecule has 11 rings (SSSR count). The Morgan fingerprint density at radius 2 is 1.07 bits per heavy atom. The number of anilines is 3. The van der Waals surface area contributed by atoms with Crippen LogP contribution in [0.15, 0.2) is 217 Å². The fourth-order valence-corrected chi connectivity index (χ4v) is 9.20. The summed E-state index contributed by atoms with van der Waals surface area (Å²) in [5.74, 6) is 0. The maximum atomic E-state index is 6.91. The average Bonchev–Trinajstić information content (AvgIpc) is 3.79. The summed E-state index contributed by atoms with van der Waals surface area (Å²) in [5, 5.41) is 4.68. The first-order chi connectivity index (χ1) is 27.3. The van der Waals surface area contributed by atoms with E-state index in [2.05, 4.69) is 217 Å². The average molecular weight is 702 g/mol. The van der Waals surface area contributed by atoms with Crippen molar-refractivity contribution in [2.24, 2.45) is 0 Å². The second kappa shape index (κ2) is 12.5. The topological polar surface area (TPSA) is 16.4 Å². The second-order valence-electron chi connectivity index (χ2n) is 14.4. The third kappa shape index (κ3) is 4.75. The van der Waals surface area contributed by atoms with Gasteiger partial charge in [0.25, 0.3) is 0 Å². The minimum absolute atomic E-state index is 0.555. The highest BCUT2D eigenvalue weighted by atomic mass is 16.3. The third-order valence-corrected chi connectivity index (χ3v) is 11.5. The summed E-state index contributed by atoms with van der Waals surface area (Å²) >= 11 is 0. The Hall–Kier alpha value is -7.16. The van der Waals surface area contributed by atoms with Crippen LogP contribution in [-0.4, -0.2) is 0 Å². The van der Waals surface area contributed by atoms with Crippen molar-refractivity contribution in [1.82, 2.24) is 0 Å². The van der Waals surface area contributed by atoms with Crippen LogP contribution in [-0.2, 0) is 5.41 Å². The van der Waals surface area contributed by atoms with Gasteiger partial charge in [-0.2, -0.15) is 0 Å². The van der Waals surface area contributed by atoms with Crippen LogP contribution in [0.1, 0.15) is 22.3 Å². The van der Waals surface area contributed by atoms with Gasteiger partial charge in [0.15, 0.2) is 0 Å². The Morgan fingerprint density at radius 1 is 0.400 bits per heavy atom. The molecule has 1 unspecified atom stereocenters. The summed E-state index contributed by atoms with van der Waals surface area (Å²) in [6.45, 7) is 0. The molecule has 2 heteroatoms. The minimum Gasteiger partial charge on any atom is -0.456 e. The highest BCUT2D eigenvalue weighted by molar-refractivity contribution is 6.14. The molecule has 55 heavy (non-hydrogen) atoms. The van der Waals surface area contributed by atoms with Gasteiger partial charge in [-0.15, -0.1) is 0 Å². The molecule has 0 aliphatic heterocycles. The lowest BCUT2D eigenvalue weighted by molar-refractivity contribution is 0.666. The molecule has 0 N–H and O–H groups in total. The van der Waals surface area contributed by atoms with Gasteiger partial charge in [0, 0.05) is 16.8 Å². The summed E-state index contributed by atoms with van der Waals surface area (Å²) in [5.41, 5.74) is 14.4. The largest absolute Gasteiger partial charge is 0.456 e. The van der Waals surface area contributed by atoms with Gasteiger partial charge in [0.2, 0.25) is 0 Å². The molecular weight excluding hydrogens is 667 g/mol. The summed E-state index contributed by atoms with van der Waals surface area (Å²) in [6.07, 6.45) is 0. The lowest BCUT2D eigenvalue weighted by atomic mass is 9.66. The zero-order valence-corrected chi connectivity index (χ0v) is 30.1. The van der Waals surface area contributed by atoms with Gasteiger partial charge in [-0.05, 0) is 97.7 Å². The number of hydrogen-bond acceptors (Lipinski definition) is 2. The van der Waals surface area contributed by atoms with Crippen LogP contribution in [0.4, 0.5) is 17.1 Å². The number of para-hydroxylation sites is 1. The van der Waals surface area contributed by atoms with Crippen molar-refractivity contribution in [2.45, 2.75) is 5.41 Å². The Kier molecular flexibility index (Phi) is 7.11. The van der Waals surface area contributed by atoms with Crippen LogP contribution in [0.5, 0.6) is 0 Å². The van der Waals surface area contributed by atoms with E-state index >= 15 is 0 Å². The van der Waals surface area contributed by atoms with Crippen molar-refractivity contribution in [2.75, 3.05) is 4.90 Å². The number of rotatable bonds is 6. The molecule has 1 atom stereocenters. The number of nitrogens with zero attached hydrogens (tertiary/aromatic N) is 1. The van der Waals surface area contributed by atoms with Gasteiger partial charge >= 0.3 is 0 Å². The molecule has 1 aromatic heterocycles. The SMILES string of the molecule is c1ccc(-c2ccc(N(c3ccccc3)c3cccc4oc5cc(C6(c7ccccc7)c7ccccc7-c7ccc8ccccc8c76)ccc5c34)cc2)cc1. The first kappa shape index (κ1) is 31.4. The Labute approximate surface area is 320 Å². The third-order valence-electron chi connectivity index (χ3n) is 11.5. The smallest absolute Gasteiger partial charge is 0.137 e. The summed E-state index contributed by atoms with van der Waals surface area (Å²) in [6, 6.07) is 76.8. The van der Waals surface area contributed by atoms with Crippen molar-refractivity contribution in [3.8, 4) is 22.3 Å². The fourth-order valence-electron chi connectivity index (χ4n) is 9.20. The predicted octanol–water partition coefficient (Wildman–Crippen LogP) is 14.2. The highest BCUT2D eigenvalue weighted by Gasteiger charge is 2.47. The van der Waals surface area contributed by atoms with Crippen LogP contribution >= 0.6 is 0 Å². The van der Waals surface area contributed by atoms with Crippen molar-refractivity contribution < 1.29 is 4.42 Å². The molecule has 10 aromatic rings. The van der Waals surface area contributed by atoms with E-state index in [0.29, 0.717) is 0 Å². The molecule has 9 aromatic carbocycles. The van der Waals surface area contributed by atoms with E-state index in [1.807, 2.05) is 0 Å². The van der Waals surface area contributed by atoms with E-state index in [1.54, 1.807) is 0 Å². The summed E-state index contributed by atoms with van der Waals surface area (Å²) in [7, 11) is 0. The molecule has 2 nitrogen and oxygen atoms in total. The van der Waals surface area contributed by atoms with Gasteiger partial charge in [-0.3, -0.25) is 0 Å². The van der Waals surface area contributed by atoms with E-state index in [4.69, 9.17) is 4.42 Å². The standard InChI is InChI=1S/C53H35NO/c1-4-15-36(16-5-1)37-27-31-42(32-28-37)54(41-20-8-3-9-21-41)48-25-14-26-49-51(48)46-34-30-40(35-50(46)55-49)53(39-18-6-2-7-19-39)47-24-13-12-23-44(47)45-33-29-38-17-10-11-22-43(38)52(45)53/h1-35H. The first-order valence-electron chi connectivity index (χ1n) is 18.9. The maximum absolute atomic E-state index is 6.91. The van der Waals surface area contributed by atoms with Crippen LogP contribution < -0.4 is 4.90 Å². The minimum atomic E-state index is -0.555. The Bertz CT molecular complexity index is 3020. The van der Waals surface area contributed by atoms with E-state index in [-0.39, 0.29) is 0 Å². The molecule has 0 saturated heterocycles. The molecule has 0 saturated carbocycles. The van der Waals surface area contributed by atoms with Gasteiger partial charge in [-0.1, -0.05) is 170 Å². The summed E-state index contributed by atoms with van der Waals surface area (Å²) in [4.78, 5) is 2.35. The highest BCUT2D eigenvalue weighted by Crippen LogP contribution is 2.58. The molecule has 0 bridgehead atoms. The number of fused-ring (bicyclic) bond motifs is 8. The lowest BCUT2D eigenvalue weighted by Gasteiger charge is -2.34. The van der Waals surface area contributed by atoms with E-state index < -0.39 is 5.41 Å². The van der Waals surface area contributed by atoms with Crippen molar-refractivity contribution in [1.29, 1.82) is 0 Å². The molecule has 0 radical (unpaired) electrons. The molecule has 0 fully saturated rings. The zero-order chi connectivity index (χ0) is 36.3. The fraction of sp³-hybridized carbons (Fsp3) is 0.0189. The van der Waals surface area contributed by atoms with Crippen LogP contribution in [0.25, 0.3) is 55.0 Å². The van der Waals surface area contributed by atoms with Gasteiger partial charge in [0.1, 0.15) is 11.2 Å².